The summed E-state index contributed by atoms with van der Waals surface area (Å²) in [7, 11) is 2.96. The molecule has 2 unspecified atom stereocenters. The maximum absolute atomic E-state index is 6.39. The van der Waals surface area contributed by atoms with Crippen LogP contribution in [0.1, 0.15) is 75.7 Å². The maximum atomic E-state index is 6.39. The molecular formula is C38H45O2P. The molecule has 3 aromatic rings. The third kappa shape index (κ3) is 6.11. The van der Waals surface area contributed by atoms with Crippen LogP contribution in [0.2, 0.25) is 0 Å². The Labute approximate surface area is 248 Å². The standard InChI is InChI=1S/C38H45O2P/c1-39-35-24-15-25-37(41(30-20-11-5-12-21-30)31-22-13-6-14-23-31)38(35)34-26-32(28-16-7-3-8-17-28)33(27-36(34)40-2)29-18-9-4-10-19-29/h5-6,11-15,20-29,34,36H,3-4,7-10,16-19H2,1-2H3. The minimum absolute atomic E-state index is 0.00212. The van der Waals surface area contributed by atoms with Crippen molar-refractivity contribution in [3.8, 4) is 5.75 Å². The number of hydrogen-bond acceptors (Lipinski definition) is 2. The highest BCUT2D eigenvalue weighted by molar-refractivity contribution is 7.79. The molecule has 0 amide bonds. The van der Waals surface area contributed by atoms with E-state index in [1.165, 1.54) is 85.7 Å². The Morgan fingerprint density at radius 3 is 1.63 bits per heavy atom. The third-order valence-electron chi connectivity index (χ3n) is 9.62. The Balaban J connectivity index is 1.52. The molecule has 2 saturated carbocycles. The van der Waals surface area contributed by atoms with Gasteiger partial charge in [-0.15, -0.1) is 0 Å². The zero-order valence-corrected chi connectivity index (χ0v) is 25.7. The Morgan fingerprint density at radius 1 is 0.585 bits per heavy atom. The highest BCUT2D eigenvalue weighted by atomic mass is 31.1. The summed E-state index contributed by atoms with van der Waals surface area (Å²) in [6, 6.07) is 28.8. The molecule has 3 aromatic carbocycles. The first-order valence-electron chi connectivity index (χ1n) is 15.8. The lowest BCUT2D eigenvalue weighted by Gasteiger charge is -2.39. The zero-order chi connectivity index (χ0) is 28.0. The number of benzene rings is 3. The highest BCUT2D eigenvalue weighted by Crippen LogP contribution is 2.48. The number of hydrogen-bond donors (Lipinski definition) is 0. The fourth-order valence-corrected chi connectivity index (χ4v) is 10.1. The largest absolute Gasteiger partial charge is 0.496 e. The molecule has 41 heavy (non-hydrogen) atoms. The molecule has 2 atom stereocenters. The van der Waals surface area contributed by atoms with Crippen molar-refractivity contribution in [2.24, 2.45) is 11.8 Å². The first-order valence-corrected chi connectivity index (χ1v) is 17.2. The monoisotopic (exact) mass is 564 g/mol. The van der Waals surface area contributed by atoms with E-state index < -0.39 is 7.92 Å². The summed E-state index contributed by atoms with van der Waals surface area (Å²) in [4.78, 5) is 0. The summed E-state index contributed by atoms with van der Waals surface area (Å²) in [6.07, 6.45) is 18.7. The molecule has 0 N–H and O–H groups in total. The Bertz CT molecular complexity index is 1290. The average molecular weight is 565 g/mol. The normalized spacial score (nSPS) is 22.3. The minimum atomic E-state index is -0.775. The predicted octanol–water partition coefficient (Wildman–Crippen LogP) is 8.58. The molecule has 6 rings (SSSR count). The Hall–Kier alpha value is -2.67. The van der Waals surface area contributed by atoms with Gasteiger partial charge in [-0.05, 0) is 78.6 Å². The molecule has 0 heterocycles. The van der Waals surface area contributed by atoms with Gasteiger partial charge in [0, 0.05) is 18.6 Å². The molecular weight excluding hydrogens is 519 g/mol. The van der Waals surface area contributed by atoms with Crippen LogP contribution < -0.4 is 20.7 Å². The highest BCUT2D eigenvalue weighted by Gasteiger charge is 2.36. The fraction of sp³-hybridized carbons (Fsp3) is 0.421. The van der Waals surface area contributed by atoms with Crippen molar-refractivity contribution < 1.29 is 9.47 Å². The van der Waals surface area contributed by atoms with Crippen LogP contribution in [0.4, 0.5) is 0 Å². The number of ether oxygens (including phenoxy) is 2. The predicted molar refractivity (Wildman–Crippen MR) is 175 cm³/mol. The van der Waals surface area contributed by atoms with Gasteiger partial charge < -0.3 is 9.47 Å². The molecule has 214 valence electrons. The van der Waals surface area contributed by atoms with Crippen LogP contribution in [0.3, 0.4) is 0 Å². The fourth-order valence-electron chi connectivity index (χ4n) is 7.62. The van der Waals surface area contributed by atoms with E-state index in [1.54, 1.807) is 11.1 Å². The summed E-state index contributed by atoms with van der Waals surface area (Å²) in [5.74, 6) is 2.44. The molecule has 3 aliphatic carbocycles. The van der Waals surface area contributed by atoms with Gasteiger partial charge >= 0.3 is 0 Å². The van der Waals surface area contributed by atoms with Gasteiger partial charge in [-0.1, -0.05) is 123 Å². The lowest BCUT2D eigenvalue weighted by atomic mass is 9.69. The van der Waals surface area contributed by atoms with Gasteiger partial charge in [0.25, 0.3) is 0 Å². The van der Waals surface area contributed by atoms with Crippen molar-refractivity contribution in [1.29, 1.82) is 0 Å². The second kappa shape index (κ2) is 13.5. The summed E-state index contributed by atoms with van der Waals surface area (Å²) in [5, 5.41) is 4.10. The summed E-state index contributed by atoms with van der Waals surface area (Å²) < 4.78 is 12.6. The lowest BCUT2D eigenvalue weighted by Crippen LogP contribution is -2.32. The van der Waals surface area contributed by atoms with E-state index in [1.807, 2.05) is 14.2 Å². The van der Waals surface area contributed by atoms with E-state index in [0.717, 1.165) is 5.75 Å². The van der Waals surface area contributed by atoms with Crippen LogP contribution >= 0.6 is 7.92 Å². The Morgan fingerprint density at radius 2 is 1.12 bits per heavy atom. The average Bonchev–Trinajstić information content (AvgIpc) is 3.06. The molecule has 3 heteroatoms. The number of rotatable bonds is 8. The topological polar surface area (TPSA) is 18.5 Å². The van der Waals surface area contributed by atoms with E-state index >= 15 is 0 Å². The van der Waals surface area contributed by atoms with Crippen LogP contribution in [-0.4, -0.2) is 20.3 Å². The number of allylic oxidation sites excluding steroid dienone is 2. The van der Waals surface area contributed by atoms with E-state index in [9.17, 15) is 0 Å². The molecule has 3 aliphatic rings. The van der Waals surface area contributed by atoms with Gasteiger partial charge in [0.05, 0.1) is 13.2 Å². The van der Waals surface area contributed by atoms with E-state index in [2.05, 4.69) is 91.0 Å². The van der Waals surface area contributed by atoms with Crippen molar-refractivity contribution in [3.63, 3.8) is 0 Å². The van der Waals surface area contributed by atoms with Crippen LogP contribution in [0.5, 0.6) is 5.75 Å². The van der Waals surface area contributed by atoms with Gasteiger partial charge in [0.15, 0.2) is 0 Å². The molecule has 0 radical (unpaired) electrons. The van der Waals surface area contributed by atoms with E-state index in [0.29, 0.717) is 11.8 Å². The van der Waals surface area contributed by atoms with E-state index in [-0.39, 0.29) is 12.0 Å². The van der Waals surface area contributed by atoms with Crippen molar-refractivity contribution in [3.05, 3.63) is 108 Å². The van der Waals surface area contributed by atoms with E-state index in [4.69, 9.17) is 9.47 Å². The molecule has 0 aromatic heterocycles. The van der Waals surface area contributed by atoms with Gasteiger partial charge in [0.1, 0.15) is 5.75 Å². The SMILES string of the molecule is COc1cccc(P(c2ccccc2)c2ccccc2)c1C1C=C(C2CCCCC2)C(C2CCCCC2)=CC1OC. The second-order valence-corrected chi connectivity index (χ2v) is 14.2. The third-order valence-corrected chi connectivity index (χ3v) is 12.1. The van der Waals surface area contributed by atoms with Crippen molar-refractivity contribution >= 4 is 23.8 Å². The van der Waals surface area contributed by atoms with Gasteiger partial charge in [-0.25, -0.2) is 0 Å². The zero-order valence-electron chi connectivity index (χ0n) is 24.8. The van der Waals surface area contributed by atoms with Crippen molar-refractivity contribution in [1.82, 2.24) is 0 Å². The minimum Gasteiger partial charge on any atom is -0.496 e. The first-order chi connectivity index (χ1) is 20.3. The molecule has 0 aliphatic heterocycles. The van der Waals surface area contributed by atoms with Crippen LogP contribution in [0, 0.1) is 11.8 Å². The Kier molecular flexibility index (Phi) is 9.39. The van der Waals surface area contributed by atoms with Crippen molar-refractivity contribution in [2.45, 2.75) is 76.2 Å². The maximum Gasteiger partial charge on any atom is 0.123 e. The molecule has 0 bridgehead atoms. The summed E-state index contributed by atoms with van der Waals surface area (Å²) in [5.41, 5.74) is 4.55. The first kappa shape index (κ1) is 28.4. The molecule has 2 nitrogen and oxygen atoms in total. The van der Waals surface area contributed by atoms with Crippen molar-refractivity contribution in [2.75, 3.05) is 14.2 Å². The molecule has 0 saturated heterocycles. The van der Waals surface area contributed by atoms with Crippen LogP contribution in [-0.2, 0) is 4.74 Å². The quantitative estimate of drug-likeness (QED) is 0.255. The van der Waals surface area contributed by atoms with Gasteiger partial charge in [-0.3, -0.25) is 0 Å². The van der Waals surface area contributed by atoms with Gasteiger partial charge in [0.2, 0.25) is 0 Å². The summed E-state index contributed by atoms with van der Waals surface area (Å²) >= 11 is 0. The number of methoxy groups -OCH3 is 2. The second-order valence-electron chi connectivity index (χ2n) is 12.0. The lowest BCUT2D eigenvalue weighted by molar-refractivity contribution is 0.124. The molecule has 0 spiro atoms. The molecule has 2 fully saturated rings. The van der Waals surface area contributed by atoms with Crippen LogP contribution in [0.25, 0.3) is 0 Å². The smallest absolute Gasteiger partial charge is 0.123 e. The summed E-state index contributed by atoms with van der Waals surface area (Å²) in [6.45, 7) is 0. The van der Waals surface area contributed by atoms with Crippen LogP contribution in [0.15, 0.2) is 102 Å². The van der Waals surface area contributed by atoms with Gasteiger partial charge in [-0.2, -0.15) is 0 Å².